The largest absolute Gasteiger partial charge is 0.481 e. The molecule has 0 radical (unpaired) electrons. The molecule has 0 saturated heterocycles. The maximum absolute atomic E-state index is 10.6. The molecule has 1 aliphatic carbocycles. The van der Waals surface area contributed by atoms with E-state index in [-0.39, 0.29) is 12.8 Å². The Kier molecular flexibility index (Phi) is 1.89. The zero-order valence-electron chi connectivity index (χ0n) is 7.86. The third kappa shape index (κ3) is 1.23. The molecule has 2 rings (SSSR count). The molecular formula is C10H12O4. The smallest absolute Gasteiger partial charge is 0.306 e. The van der Waals surface area contributed by atoms with Crippen LogP contribution in [0.3, 0.4) is 0 Å². The average Bonchev–Trinajstić information content (AvgIpc) is 2.45. The van der Waals surface area contributed by atoms with Gasteiger partial charge >= 0.3 is 5.97 Å². The minimum atomic E-state index is -0.986. The number of hydrogen-bond acceptors (Lipinski definition) is 3. The van der Waals surface area contributed by atoms with Crippen molar-refractivity contribution >= 4 is 5.97 Å². The molecule has 76 valence electrons. The van der Waals surface area contributed by atoms with E-state index < -0.39 is 17.5 Å². The van der Waals surface area contributed by atoms with Gasteiger partial charge in [0.15, 0.2) is 0 Å². The van der Waals surface area contributed by atoms with E-state index in [0.29, 0.717) is 0 Å². The van der Waals surface area contributed by atoms with Gasteiger partial charge in [0.05, 0.1) is 24.0 Å². The predicted octanol–water partition coefficient (Wildman–Crippen LogP) is 1.27. The standard InChI is InChI=1S/C10H12O4/c1-6-4-14-5-8(6)10(13)2-7(3-10)9(11)12/h4-5,7,13H,2-3H2,1H3,(H,11,12). The first-order chi connectivity index (χ1) is 6.53. The molecule has 1 aromatic heterocycles. The fourth-order valence-corrected chi connectivity index (χ4v) is 1.99. The molecule has 0 aliphatic heterocycles. The van der Waals surface area contributed by atoms with Crippen molar-refractivity contribution in [1.29, 1.82) is 0 Å². The number of carboxylic acids is 1. The van der Waals surface area contributed by atoms with E-state index in [4.69, 9.17) is 9.52 Å². The molecule has 0 bridgehead atoms. The number of aliphatic carboxylic acids is 1. The molecule has 0 amide bonds. The van der Waals surface area contributed by atoms with Gasteiger partial charge in [-0.15, -0.1) is 0 Å². The van der Waals surface area contributed by atoms with Crippen LogP contribution in [-0.4, -0.2) is 16.2 Å². The second kappa shape index (κ2) is 2.85. The van der Waals surface area contributed by atoms with Gasteiger partial charge in [0.25, 0.3) is 0 Å². The van der Waals surface area contributed by atoms with Crippen LogP contribution in [0.2, 0.25) is 0 Å². The molecule has 1 aromatic rings. The SMILES string of the molecule is Cc1cocc1C1(O)CC(C(=O)O)C1. The summed E-state index contributed by atoms with van der Waals surface area (Å²) in [6, 6.07) is 0. The molecule has 1 heterocycles. The molecule has 4 nitrogen and oxygen atoms in total. The Balaban J connectivity index is 2.15. The highest BCUT2D eigenvalue weighted by atomic mass is 16.4. The Hall–Kier alpha value is -1.29. The summed E-state index contributed by atoms with van der Waals surface area (Å²) in [6.07, 6.45) is 3.61. The summed E-state index contributed by atoms with van der Waals surface area (Å²) < 4.78 is 4.96. The molecule has 2 N–H and O–H groups in total. The molecule has 14 heavy (non-hydrogen) atoms. The monoisotopic (exact) mass is 196 g/mol. The zero-order valence-corrected chi connectivity index (χ0v) is 7.86. The van der Waals surface area contributed by atoms with Crippen LogP contribution >= 0.6 is 0 Å². The lowest BCUT2D eigenvalue weighted by Gasteiger charge is -2.41. The first kappa shape index (κ1) is 9.27. The number of aryl methyl sites for hydroxylation is 1. The van der Waals surface area contributed by atoms with E-state index in [9.17, 15) is 9.90 Å². The van der Waals surface area contributed by atoms with Crippen molar-refractivity contribution in [2.75, 3.05) is 0 Å². The van der Waals surface area contributed by atoms with Gasteiger partial charge < -0.3 is 14.6 Å². The van der Waals surface area contributed by atoms with Gasteiger partial charge in [-0.25, -0.2) is 0 Å². The summed E-state index contributed by atoms with van der Waals surface area (Å²) in [6.45, 7) is 1.84. The third-order valence-electron chi connectivity index (χ3n) is 2.87. The average molecular weight is 196 g/mol. The van der Waals surface area contributed by atoms with Crippen molar-refractivity contribution in [2.24, 2.45) is 5.92 Å². The molecule has 0 spiro atoms. The van der Waals surface area contributed by atoms with E-state index in [2.05, 4.69) is 0 Å². The Bertz CT molecular complexity index is 360. The van der Waals surface area contributed by atoms with Crippen molar-refractivity contribution in [3.63, 3.8) is 0 Å². The highest BCUT2D eigenvalue weighted by Crippen LogP contribution is 2.46. The van der Waals surface area contributed by atoms with Crippen molar-refractivity contribution < 1.29 is 19.4 Å². The number of rotatable bonds is 2. The molecule has 1 saturated carbocycles. The van der Waals surface area contributed by atoms with Crippen molar-refractivity contribution in [1.82, 2.24) is 0 Å². The van der Waals surface area contributed by atoms with Crippen molar-refractivity contribution in [3.05, 3.63) is 23.7 Å². The van der Waals surface area contributed by atoms with Crippen LogP contribution in [-0.2, 0) is 10.4 Å². The highest BCUT2D eigenvalue weighted by Gasteiger charge is 2.48. The van der Waals surface area contributed by atoms with Crippen LogP contribution < -0.4 is 0 Å². The Morgan fingerprint density at radius 1 is 1.57 bits per heavy atom. The third-order valence-corrected chi connectivity index (χ3v) is 2.87. The minimum absolute atomic E-state index is 0.280. The maximum atomic E-state index is 10.6. The van der Waals surface area contributed by atoms with E-state index in [1.807, 2.05) is 6.92 Å². The zero-order chi connectivity index (χ0) is 10.3. The normalized spacial score (nSPS) is 31.1. The van der Waals surface area contributed by atoms with Gasteiger partial charge in [0.1, 0.15) is 0 Å². The van der Waals surface area contributed by atoms with Crippen LogP contribution in [0.1, 0.15) is 24.0 Å². The number of aliphatic hydroxyl groups is 1. The quantitative estimate of drug-likeness (QED) is 0.747. The van der Waals surface area contributed by atoms with E-state index in [1.54, 1.807) is 6.26 Å². The molecule has 4 heteroatoms. The summed E-state index contributed by atoms with van der Waals surface area (Å²) in [7, 11) is 0. The molecule has 0 unspecified atom stereocenters. The number of carboxylic acid groups (broad SMARTS) is 1. The topological polar surface area (TPSA) is 70.7 Å². The molecular weight excluding hydrogens is 184 g/mol. The summed E-state index contributed by atoms with van der Waals surface area (Å²) in [5.41, 5.74) is 0.603. The lowest BCUT2D eigenvalue weighted by atomic mass is 9.67. The fraction of sp³-hybridized carbons (Fsp3) is 0.500. The van der Waals surface area contributed by atoms with Crippen LogP contribution in [0.15, 0.2) is 16.9 Å². The van der Waals surface area contributed by atoms with Crippen molar-refractivity contribution in [3.8, 4) is 0 Å². The van der Waals surface area contributed by atoms with Gasteiger partial charge in [-0.05, 0) is 25.3 Å². The van der Waals surface area contributed by atoms with Crippen LogP contribution in [0.5, 0.6) is 0 Å². The van der Waals surface area contributed by atoms with Crippen molar-refractivity contribution in [2.45, 2.75) is 25.4 Å². The fourth-order valence-electron chi connectivity index (χ4n) is 1.99. The summed E-state index contributed by atoms with van der Waals surface area (Å²) >= 11 is 0. The Morgan fingerprint density at radius 3 is 2.64 bits per heavy atom. The highest BCUT2D eigenvalue weighted by molar-refractivity contribution is 5.72. The summed E-state index contributed by atoms with van der Waals surface area (Å²) in [5, 5.41) is 18.7. The Labute approximate surface area is 81.2 Å². The second-order valence-corrected chi connectivity index (χ2v) is 3.94. The maximum Gasteiger partial charge on any atom is 0.306 e. The number of hydrogen-bond donors (Lipinski definition) is 2. The van der Waals surface area contributed by atoms with Crippen LogP contribution in [0, 0.1) is 12.8 Å². The number of furan rings is 1. The molecule has 1 fully saturated rings. The molecule has 0 aromatic carbocycles. The van der Waals surface area contributed by atoms with Gasteiger partial charge in [-0.2, -0.15) is 0 Å². The minimum Gasteiger partial charge on any atom is -0.481 e. The van der Waals surface area contributed by atoms with Crippen LogP contribution in [0.4, 0.5) is 0 Å². The second-order valence-electron chi connectivity index (χ2n) is 3.94. The molecule has 0 atom stereocenters. The van der Waals surface area contributed by atoms with E-state index in [1.165, 1.54) is 6.26 Å². The summed E-state index contributed by atoms with van der Waals surface area (Å²) in [4.78, 5) is 10.6. The van der Waals surface area contributed by atoms with E-state index >= 15 is 0 Å². The number of carbonyl (C=O) groups is 1. The lowest BCUT2D eigenvalue weighted by molar-refractivity contribution is -0.159. The molecule has 1 aliphatic rings. The van der Waals surface area contributed by atoms with Gasteiger partial charge in [0, 0.05) is 5.56 Å². The predicted molar refractivity (Wildman–Crippen MR) is 47.7 cm³/mol. The first-order valence-electron chi connectivity index (χ1n) is 4.51. The lowest BCUT2D eigenvalue weighted by Crippen LogP contribution is -2.44. The van der Waals surface area contributed by atoms with Crippen LogP contribution in [0.25, 0.3) is 0 Å². The van der Waals surface area contributed by atoms with Gasteiger partial charge in [0.2, 0.25) is 0 Å². The first-order valence-corrected chi connectivity index (χ1v) is 4.51. The van der Waals surface area contributed by atoms with Gasteiger partial charge in [-0.3, -0.25) is 4.79 Å². The van der Waals surface area contributed by atoms with Gasteiger partial charge in [-0.1, -0.05) is 0 Å². The summed E-state index contributed by atoms with van der Waals surface area (Å²) in [5.74, 6) is -1.26. The Morgan fingerprint density at radius 2 is 2.21 bits per heavy atom. The van der Waals surface area contributed by atoms with E-state index in [0.717, 1.165) is 11.1 Å².